The molecule has 1 N–H and O–H groups in total. The summed E-state index contributed by atoms with van der Waals surface area (Å²) in [6.45, 7) is 5.32. The minimum Gasteiger partial charge on any atom is -0.356 e. The number of hydrogen-bond acceptors (Lipinski definition) is 1. The van der Waals surface area contributed by atoms with Gasteiger partial charge >= 0.3 is 0 Å². The average Bonchev–Trinajstić information content (AvgIpc) is 1.87. The van der Waals surface area contributed by atoms with Gasteiger partial charge in [-0.1, -0.05) is 12.7 Å². The Labute approximate surface area is 55.3 Å². The van der Waals surface area contributed by atoms with Crippen molar-refractivity contribution in [2.45, 2.75) is 6.92 Å². The molecule has 0 aliphatic rings. The lowest BCUT2D eigenvalue weighted by atomic mass is 10.3. The minimum atomic E-state index is -0.0904. The lowest BCUT2D eigenvalue weighted by Gasteiger charge is -1.90. The van der Waals surface area contributed by atoms with Crippen molar-refractivity contribution < 1.29 is 4.79 Å². The Morgan fingerprint density at radius 1 is 1.67 bits per heavy atom. The highest BCUT2D eigenvalue weighted by molar-refractivity contribution is 5.88. The smallest absolute Gasteiger partial charge is 0.243 e. The van der Waals surface area contributed by atoms with Crippen LogP contribution in [0.25, 0.3) is 0 Å². The summed E-state index contributed by atoms with van der Waals surface area (Å²) in [6, 6.07) is 0. The van der Waals surface area contributed by atoms with Crippen LogP contribution in [0, 0.1) is 0 Å². The molecule has 2 nitrogen and oxygen atoms in total. The molecule has 2 heteroatoms. The summed E-state index contributed by atoms with van der Waals surface area (Å²) in [5.74, 6) is -0.0904. The molecule has 0 saturated heterocycles. The third kappa shape index (κ3) is 3.53. The van der Waals surface area contributed by atoms with E-state index in [1.54, 1.807) is 13.1 Å². The molecular weight excluding hydrogens is 114 g/mol. The quantitative estimate of drug-likeness (QED) is 0.430. The molecule has 0 bridgehead atoms. The third-order valence-corrected chi connectivity index (χ3v) is 0.927. The minimum absolute atomic E-state index is 0.0904. The summed E-state index contributed by atoms with van der Waals surface area (Å²) < 4.78 is 0. The number of rotatable bonds is 2. The molecule has 0 fully saturated rings. The molecule has 0 radical (unpaired) electrons. The maximum Gasteiger partial charge on any atom is 0.243 e. The monoisotopic (exact) mass is 125 g/mol. The fourth-order valence-electron chi connectivity index (χ4n) is 0.338. The van der Waals surface area contributed by atoms with Gasteiger partial charge in [0.2, 0.25) is 5.91 Å². The molecule has 0 aliphatic heterocycles. The van der Waals surface area contributed by atoms with Crippen LogP contribution >= 0.6 is 0 Å². The van der Waals surface area contributed by atoms with Gasteiger partial charge < -0.3 is 5.32 Å². The van der Waals surface area contributed by atoms with Gasteiger partial charge in [-0.25, -0.2) is 0 Å². The Kier molecular flexibility index (Phi) is 3.44. The second-order valence-electron chi connectivity index (χ2n) is 1.71. The largest absolute Gasteiger partial charge is 0.356 e. The molecule has 0 saturated carbocycles. The molecule has 50 valence electrons. The zero-order chi connectivity index (χ0) is 7.28. The van der Waals surface area contributed by atoms with Crippen molar-refractivity contribution in [3.63, 3.8) is 0 Å². The number of nitrogens with one attached hydrogen (secondary N) is 1. The lowest BCUT2D eigenvalue weighted by Crippen LogP contribution is -2.14. The topological polar surface area (TPSA) is 29.1 Å². The summed E-state index contributed by atoms with van der Waals surface area (Å²) in [5, 5.41) is 2.47. The molecule has 0 spiro atoms. The Morgan fingerprint density at radius 2 is 2.22 bits per heavy atom. The summed E-state index contributed by atoms with van der Waals surface area (Å²) in [5.41, 5.74) is 0.870. The zero-order valence-corrected chi connectivity index (χ0v) is 5.77. The average molecular weight is 125 g/mol. The van der Waals surface area contributed by atoms with Crippen molar-refractivity contribution in [3.05, 3.63) is 24.3 Å². The predicted molar refractivity (Wildman–Crippen MR) is 38.0 cm³/mol. The summed E-state index contributed by atoms with van der Waals surface area (Å²) in [6.07, 6.45) is 3.13. The highest BCUT2D eigenvalue weighted by atomic mass is 16.1. The molecule has 0 heterocycles. The SMILES string of the molecule is C=C/C(C)=C\C(=O)NC. The van der Waals surface area contributed by atoms with Crippen LogP contribution in [0.15, 0.2) is 24.3 Å². The number of carbonyl (C=O) groups excluding carboxylic acids is 1. The van der Waals surface area contributed by atoms with Gasteiger partial charge in [0.05, 0.1) is 0 Å². The summed E-state index contributed by atoms with van der Waals surface area (Å²) in [4.78, 5) is 10.5. The zero-order valence-electron chi connectivity index (χ0n) is 5.77. The van der Waals surface area contributed by atoms with E-state index in [1.165, 1.54) is 6.08 Å². The molecular formula is C7H11NO. The Morgan fingerprint density at radius 3 is 2.56 bits per heavy atom. The Balaban J connectivity index is 3.94. The highest BCUT2D eigenvalue weighted by Crippen LogP contribution is 1.90. The van der Waals surface area contributed by atoms with E-state index in [9.17, 15) is 4.79 Å². The molecule has 9 heavy (non-hydrogen) atoms. The number of likely N-dealkylation sites (N-methyl/N-ethyl adjacent to an activating group) is 1. The van der Waals surface area contributed by atoms with Crippen LogP contribution in [-0.4, -0.2) is 13.0 Å². The van der Waals surface area contributed by atoms with E-state index in [-0.39, 0.29) is 5.91 Å². The van der Waals surface area contributed by atoms with Gasteiger partial charge in [-0.05, 0) is 12.5 Å². The van der Waals surface area contributed by atoms with Gasteiger partial charge in [0, 0.05) is 13.1 Å². The molecule has 0 unspecified atom stereocenters. The second kappa shape index (κ2) is 3.89. The number of carbonyl (C=O) groups is 1. The van der Waals surface area contributed by atoms with Crippen LogP contribution in [0.5, 0.6) is 0 Å². The molecule has 0 rings (SSSR count). The van der Waals surface area contributed by atoms with E-state index in [4.69, 9.17) is 0 Å². The van der Waals surface area contributed by atoms with Gasteiger partial charge in [0.1, 0.15) is 0 Å². The van der Waals surface area contributed by atoms with E-state index >= 15 is 0 Å². The van der Waals surface area contributed by atoms with Gasteiger partial charge in [-0.3, -0.25) is 4.79 Å². The summed E-state index contributed by atoms with van der Waals surface area (Å²) in [7, 11) is 1.59. The van der Waals surface area contributed by atoms with Gasteiger partial charge in [0.15, 0.2) is 0 Å². The molecule has 0 atom stereocenters. The number of allylic oxidation sites excluding steroid dienone is 2. The fourth-order valence-corrected chi connectivity index (χ4v) is 0.338. The maximum absolute atomic E-state index is 10.5. The van der Waals surface area contributed by atoms with E-state index in [0.29, 0.717) is 0 Å². The van der Waals surface area contributed by atoms with Crippen LogP contribution in [0.3, 0.4) is 0 Å². The first-order valence-electron chi connectivity index (χ1n) is 2.73. The van der Waals surface area contributed by atoms with E-state index in [2.05, 4.69) is 11.9 Å². The lowest BCUT2D eigenvalue weighted by molar-refractivity contribution is -0.116. The molecule has 0 aromatic rings. The third-order valence-electron chi connectivity index (χ3n) is 0.927. The first-order valence-corrected chi connectivity index (χ1v) is 2.73. The first-order chi connectivity index (χ1) is 4.20. The molecule has 0 aromatic carbocycles. The fraction of sp³-hybridized carbons (Fsp3) is 0.286. The van der Waals surface area contributed by atoms with Gasteiger partial charge in [-0.15, -0.1) is 0 Å². The van der Waals surface area contributed by atoms with Crippen molar-refractivity contribution in [1.82, 2.24) is 5.32 Å². The van der Waals surface area contributed by atoms with E-state index in [0.717, 1.165) is 5.57 Å². The summed E-state index contributed by atoms with van der Waals surface area (Å²) >= 11 is 0. The van der Waals surface area contributed by atoms with Crippen LogP contribution in [0.4, 0.5) is 0 Å². The van der Waals surface area contributed by atoms with Crippen molar-refractivity contribution in [2.75, 3.05) is 7.05 Å². The van der Waals surface area contributed by atoms with Crippen molar-refractivity contribution in [2.24, 2.45) is 0 Å². The second-order valence-corrected chi connectivity index (χ2v) is 1.71. The van der Waals surface area contributed by atoms with Crippen LogP contribution in [0.2, 0.25) is 0 Å². The Bertz CT molecular complexity index is 147. The highest BCUT2D eigenvalue weighted by Gasteiger charge is 1.88. The number of hydrogen-bond donors (Lipinski definition) is 1. The van der Waals surface area contributed by atoms with Crippen molar-refractivity contribution in [1.29, 1.82) is 0 Å². The van der Waals surface area contributed by atoms with E-state index in [1.807, 2.05) is 6.92 Å². The van der Waals surface area contributed by atoms with E-state index < -0.39 is 0 Å². The van der Waals surface area contributed by atoms with Crippen molar-refractivity contribution >= 4 is 5.91 Å². The number of amides is 1. The molecule has 0 aliphatic carbocycles. The van der Waals surface area contributed by atoms with Gasteiger partial charge in [-0.2, -0.15) is 0 Å². The van der Waals surface area contributed by atoms with Gasteiger partial charge in [0.25, 0.3) is 0 Å². The van der Waals surface area contributed by atoms with Crippen LogP contribution in [-0.2, 0) is 4.79 Å². The predicted octanol–water partition coefficient (Wildman–Crippen LogP) is 0.865. The van der Waals surface area contributed by atoms with Crippen molar-refractivity contribution in [3.8, 4) is 0 Å². The normalized spacial score (nSPS) is 10.7. The van der Waals surface area contributed by atoms with Crippen LogP contribution in [0.1, 0.15) is 6.92 Å². The standard InChI is InChI=1S/C7H11NO/c1-4-6(2)5-7(9)8-3/h4-5H,1H2,2-3H3,(H,8,9)/b6-5-. The Hall–Kier alpha value is -1.05. The molecule has 1 amide bonds. The molecule has 0 aromatic heterocycles. The van der Waals surface area contributed by atoms with Crippen LogP contribution < -0.4 is 5.32 Å². The first kappa shape index (κ1) is 7.95. The maximum atomic E-state index is 10.5.